The Morgan fingerprint density at radius 1 is 1.29 bits per heavy atom. The highest BCUT2D eigenvalue weighted by Crippen LogP contribution is 2.21. The highest BCUT2D eigenvalue weighted by molar-refractivity contribution is 6.19. The van der Waals surface area contributed by atoms with Crippen molar-refractivity contribution in [2.24, 2.45) is 0 Å². The fraction of sp³-hybridized carbons (Fsp3) is 0.188. The van der Waals surface area contributed by atoms with Gasteiger partial charge in [0.25, 0.3) is 0 Å². The van der Waals surface area contributed by atoms with Gasteiger partial charge in [-0.05, 0) is 19.9 Å². The second kappa shape index (κ2) is 6.65. The Morgan fingerprint density at radius 3 is 2.62 bits per heavy atom. The molecule has 0 fully saturated rings. The van der Waals surface area contributed by atoms with E-state index in [0.29, 0.717) is 11.5 Å². The molecule has 21 heavy (non-hydrogen) atoms. The maximum absolute atomic E-state index is 11.7. The summed E-state index contributed by atoms with van der Waals surface area (Å²) in [6.45, 7) is 3.19. The van der Waals surface area contributed by atoms with Gasteiger partial charge in [-0.1, -0.05) is 35.5 Å². The van der Waals surface area contributed by atoms with Crippen LogP contribution in [-0.4, -0.2) is 23.5 Å². The van der Waals surface area contributed by atoms with Crippen LogP contribution in [0.3, 0.4) is 0 Å². The van der Waals surface area contributed by atoms with Gasteiger partial charge in [0.05, 0.1) is 6.61 Å². The van der Waals surface area contributed by atoms with Gasteiger partial charge in [-0.25, -0.2) is 4.79 Å². The molecule has 0 saturated carbocycles. The zero-order valence-corrected chi connectivity index (χ0v) is 11.8. The molecule has 1 heterocycles. The molecule has 0 saturated heterocycles. The summed E-state index contributed by atoms with van der Waals surface area (Å²) in [5, 5.41) is 3.85. The number of hydrogen-bond acceptors (Lipinski definition) is 5. The summed E-state index contributed by atoms with van der Waals surface area (Å²) in [5.74, 6) is -0.472. The van der Waals surface area contributed by atoms with Gasteiger partial charge in [0.1, 0.15) is 11.3 Å². The van der Waals surface area contributed by atoms with E-state index in [-0.39, 0.29) is 18.0 Å². The van der Waals surface area contributed by atoms with Crippen molar-refractivity contribution in [3.05, 3.63) is 47.7 Å². The van der Waals surface area contributed by atoms with Crippen LogP contribution in [0, 0.1) is 0 Å². The Morgan fingerprint density at radius 2 is 2.00 bits per heavy atom. The lowest BCUT2D eigenvalue weighted by atomic mass is 10.1. The molecule has 0 N–H and O–H groups in total. The number of ether oxygens (including phenoxy) is 1. The van der Waals surface area contributed by atoms with E-state index < -0.39 is 5.97 Å². The number of benzene rings is 1. The number of Topliss-reactive ketones (excluding diaryl/α,β-unsaturated/α-hetero) is 1. The lowest BCUT2D eigenvalue weighted by Gasteiger charge is -2.01. The first-order chi connectivity index (χ1) is 10.1. The maximum atomic E-state index is 11.7. The quantitative estimate of drug-likeness (QED) is 0.365. The summed E-state index contributed by atoms with van der Waals surface area (Å²) in [5.41, 5.74) is 1.21. The average Bonchev–Trinajstić information content (AvgIpc) is 2.94. The van der Waals surface area contributed by atoms with Crippen LogP contribution in [0.15, 0.2) is 46.5 Å². The van der Waals surface area contributed by atoms with E-state index in [2.05, 4.69) is 5.16 Å². The Balaban J connectivity index is 2.29. The summed E-state index contributed by atoms with van der Waals surface area (Å²) in [7, 11) is 0. The monoisotopic (exact) mass is 285 g/mol. The Hall–Kier alpha value is -2.69. The highest BCUT2D eigenvalue weighted by Gasteiger charge is 2.17. The SMILES string of the molecule is CCOC(=O)C(=Cc1cc(-c2ccccc2)on1)C(C)=O. The van der Waals surface area contributed by atoms with Crippen molar-refractivity contribution in [2.45, 2.75) is 13.8 Å². The third-order valence-corrected chi connectivity index (χ3v) is 2.75. The molecule has 2 aromatic rings. The van der Waals surface area contributed by atoms with Crippen LogP contribution in [-0.2, 0) is 14.3 Å². The van der Waals surface area contributed by atoms with Gasteiger partial charge < -0.3 is 9.26 Å². The minimum Gasteiger partial charge on any atom is -0.462 e. The summed E-state index contributed by atoms with van der Waals surface area (Å²) in [4.78, 5) is 23.2. The number of ketones is 1. The normalized spacial score (nSPS) is 11.2. The Kier molecular flexibility index (Phi) is 4.66. The van der Waals surface area contributed by atoms with Gasteiger partial charge in [-0.15, -0.1) is 0 Å². The smallest absolute Gasteiger partial charge is 0.341 e. The summed E-state index contributed by atoms with van der Waals surface area (Å²) >= 11 is 0. The van der Waals surface area contributed by atoms with Crippen LogP contribution in [0.25, 0.3) is 17.4 Å². The van der Waals surface area contributed by atoms with Gasteiger partial charge in [0.2, 0.25) is 0 Å². The maximum Gasteiger partial charge on any atom is 0.341 e. The second-order valence-electron chi connectivity index (χ2n) is 4.32. The standard InChI is InChI=1S/C16H15NO4/c1-3-20-16(19)14(11(2)18)9-13-10-15(21-17-13)12-7-5-4-6-8-12/h4-10H,3H2,1-2H3. The van der Waals surface area contributed by atoms with Crippen LogP contribution < -0.4 is 0 Å². The number of hydrogen-bond donors (Lipinski definition) is 0. The first kappa shape index (κ1) is 14.7. The lowest BCUT2D eigenvalue weighted by molar-refractivity contribution is -0.139. The van der Waals surface area contributed by atoms with Gasteiger partial charge >= 0.3 is 5.97 Å². The molecule has 108 valence electrons. The number of nitrogens with zero attached hydrogens (tertiary/aromatic N) is 1. The van der Waals surface area contributed by atoms with Crippen molar-refractivity contribution in [3.8, 4) is 11.3 Å². The Labute approximate surface area is 122 Å². The molecule has 0 radical (unpaired) electrons. The molecule has 5 nitrogen and oxygen atoms in total. The number of carbonyl (C=O) groups is 2. The topological polar surface area (TPSA) is 69.4 Å². The molecular formula is C16H15NO4. The minimum atomic E-state index is -0.658. The van der Waals surface area contributed by atoms with Crippen LogP contribution in [0.4, 0.5) is 0 Å². The zero-order valence-electron chi connectivity index (χ0n) is 11.8. The van der Waals surface area contributed by atoms with Crippen LogP contribution in [0.5, 0.6) is 0 Å². The highest BCUT2D eigenvalue weighted by atomic mass is 16.5. The van der Waals surface area contributed by atoms with Crippen molar-refractivity contribution < 1.29 is 18.8 Å². The molecule has 0 aliphatic heterocycles. The van der Waals surface area contributed by atoms with E-state index in [9.17, 15) is 9.59 Å². The van der Waals surface area contributed by atoms with Crippen molar-refractivity contribution in [3.63, 3.8) is 0 Å². The van der Waals surface area contributed by atoms with E-state index >= 15 is 0 Å². The molecule has 0 aliphatic carbocycles. The molecule has 0 amide bonds. The molecule has 5 heteroatoms. The fourth-order valence-electron chi connectivity index (χ4n) is 1.76. The molecule has 2 rings (SSSR count). The molecule has 1 aromatic carbocycles. The number of rotatable bonds is 5. The molecule has 1 aromatic heterocycles. The zero-order chi connectivity index (χ0) is 15.2. The van der Waals surface area contributed by atoms with Crippen molar-refractivity contribution in [1.29, 1.82) is 0 Å². The first-order valence-electron chi connectivity index (χ1n) is 6.53. The molecule has 0 spiro atoms. The molecule has 0 bridgehead atoms. The molecule has 0 unspecified atom stereocenters. The van der Waals surface area contributed by atoms with Crippen molar-refractivity contribution in [1.82, 2.24) is 5.16 Å². The summed E-state index contributed by atoms with van der Waals surface area (Å²) < 4.78 is 10.1. The van der Waals surface area contributed by atoms with E-state index in [0.717, 1.165) is 5.56 Å². The van der Waals surface area contributed by atoms with Gasteiger partial charge in [-0.2, -0.15) is 0 Å². The average molecular weight is 285 g/mol. The number of carbonyl (C=O) groups excluding carboxylic acids is 2. The van der Waals surface area contributed by atoms with Crippen molar-refractivity contribution in [2.75, 3.05) is 6.61 Å². The predicted molar refractivity (Wildman–Crippen MR) is 77.2 cm³/mol. The third kappa shape index (κ3) is 3.66. The lowest BCUT2D eigenvalue weighted by Crippen LogP contribution is -2.13. The van der Waals surface area contributed by atoms with E-state index in [1.165, 1.54) is 13.0 Å². The van der Waals surface area contributed by atoms with Crippen LogP contribution in [0.1, 0.15) is 19.5 Å². The molecule has 0 aliphatic rings. The van der Waals surface area contributed by atoms with E-state index in [1.54, 1.807) is 13.0 Å². The summed E-state index contributed by atoms with van der Waals surface area (Å²) in [6, 6.07) is 11.1. The van der Waals surface area contributed by atoms with Crippen LogP contribution >= 0.6 is 0 Å². The largest absolute Gasteiger partial charge is 0.462 e. The number of aromatic nitrogens is 1. The number of esters is 1. The third-order valence-electron chi connectivity index (χ3n) is 2.75. The first-order valence-corrected chi connectivity index (χ1v) is 6.53. The molecular weight excluding hydrogens is 270 g/mol. The fourth-order valence-corrected chi connectivity index (χ4v) is 1.76. The summed E-state index contributed by atoms with van der Waals surface area (Å²) in [6.07, 6.45) is 1.37. The van der Waals surface area contributed by atoms with E-state index in [1.807, 2.05) is 30.3 Å². The molecule has 0 atom stereocenters. The van der Waals surface area contributed by atoms with Gasteiger partial charge in [0, 0.05) is 11.6 Å². The van der Waals surface area contributed by atoms with E-state index in [4.69, 9.17) is 9.26 Å². The van der Waals surface area contributed by atoms with Gasteiger partial charge in [0.15, 0.2) is 11.5 Å². The minimum absolute atomic E-state index is 0.0511. The van der Waals surface area contributed by atoms with Crippen LogP contribution in [0.2, 0.25) is 0 Å². The second-order valence-corrected chi connectivity index (χ2v) is 4.32. The predicted octanol–water partition coefficient (Wildman–Crippen LogP) is 2.88. The van der Waals surface area contributed by atoms with Crippen molar-refractivity contribution >= 4 is 17.8 Å². The van der Waals surface area contributed by atoms with Gasteiger partial charge in [-0.3, -0.25) is 4.79 Å². The Bertz CT molecular complexity index is 671.